The van der Waals surface area contributed by atoms with Crippen molar-refractivity contribution in [2.75, 3.05) is 13.1 Å². The van der Waals surface area contributed by atoms with Crippen LogP contribution in [-0.2, 0) is 17.8 Å². The van der Waals surface area contributed by atoms with Gasteiger partial charge in [-0.3, -0.25) is 9.36 Å². The minimum Gasteiger partial charge on any atom is -0.408 e. The molecule has 0 aliphatic carbocycles. The fraction of sp³-hybridized carbons (Fsp3) is 0.391. The number of likely N-dealkylation sites (tertiary alicyclic amines) is 1. The second kappa shape index (κ2) is 8.87. The zero-order chi connectivity index (χ0) is 20.2. The number of aryl methyl sites for hydroxylation is 1. The monoisotopic (exact) mass is 412 g/mol. The number of piperidine rings is 1. The smallest absolute Gasteiger partial charge is 0.408 e. The van der Waals surface area contributed by atoms with E-state index in [1.165, 1.54) is 5.56 Å². The number of rotatable bonds is 6. The van der Waals surface area contributed by atoms with Crippen LogP contribution in [0.3, 0.4) is 0 Å². The number of carbonyl (C=O) groups is 1. The Labute approximate surface area is 174 Å². The summed E-state index contributed by atoms with van der Waals surface area (Å²) in [4.78, 5) is 26.6. The molecule has 0 atom stereocenters. The number of fused-ring (bicyclic) bond motifs is 1. The van der Waals surface area contributed by atoms with Crippen molar-refractivity contribution in [1.82, 2.24) is 9.47 Å². The van der Waals surface area contributed by atoms with E-state index in [0.717, 1.165) is 32.4 Å². The molecule has 29 heavy (non-hydrogen) atoms. The third-order valence-corrected chi connectivity index (χ3v) is 5.97. The molecule has 0 unspecified atom stereocenters. The minimum absolute atomic E-state index is 0.169. The Morgan fingerprint density at radius 1 is 1.10 bits per heavy atom. The SMILES string of the molecule is O=C(CCCn1c(=O)oc2ccc(Cl)cc21)N1CCC(Cc2ccccc2)CC1. The molecule has 1 aromatic heterocycles. The van der Waals surface area contributed by atoms with Gasteiger partial charge in [-0.05, 0) is 55.4 Å². The molecule has 1 amide bonds. The number of oxazole rings is 1. The Hall–Kier alpha value is -2.53. The van der Waals surface area contributed by atoms with Gasteiger partial charge in [-0.2, -0.15) is 0 Å². The highest BCUT2D eigenvalue weighted by molar-refractivity contribution is 6.31. The molecule has 3 aromatic rings. The molecule has 1 fully saturated rings. The second-order valence-corrected chi connectivity index (χ2v) is 8.19. The Morgan fingerprint density at radius 2 is 1.86 bits per heavy atom. The van der Waals surface area contributed by atoms with Crippen molar-refractivity contribution in [2.24, 2.45) is 5.92 Å². The molecule has 152 valence electrons. The van der Waals surface area contributed by atoms with Crippen LogP contribution in [0.2, 0.25) is 5.02 Å². The lowest BCUT2D eigenvalue weighted by atomic mass is 9.90. The number of benzene rings is 2. The molecule has 1 aliphatic heterocycles. The van der Waals surface area contributed by atoms with E-state index < -0.39 is 5.76 Å². The summed E-state index contributed by atoms with van der Waals surface area (Å²) in [5.41, 5.74) is 2.57. The molecular formula is C23H25ClN2O3. The van der Waals surface area contributed by atoms with Crippen molar-refractivity contribution in [2.45, 2.75) is 38.6 Å². The third-order valence-electron chi connectivity index (χ3n) is 5.74. The summed E-state index contributed by atoms with van der Waals surface area (Å²) >= 11 is 6.03. The molecule has 1 aliphatic rings. The number of carbonyl (C=O) groups excluding carboxylic acids is 1. The van der Waals surface area contributed by atoms with E-state index in [1.807, 2.05) is 11.0 Å². The van der Waals surface area contributed by atoms with Gasteiger partial charge in [0, 0.05) is 31.1 Å². The molecule has 2 aromatic carbocycles. The van der Waals surface area contributed by atoms with Crippen LogP contribution in [0.5, 0.6) is 0 Å². The number of aromatic nitrogens is 1. The van der Waals surface area contributed by atoms with Gasteiger partial charge in [0.2, 0.25) is 5.91 Å². The first-order valence-electron chi connectivity index (χ1n) is 10.2. The summed E-state index contributed by atoms with van der Waals surface area (Å²) in [6.45, 7) is 2.09. The van der Waals surface area contributed by atoms with Crippen LogP contribution in [0, 0.1) is 5.92 Å². The molecule has 1 saturated heterocycles. The molecule has 0 radical (unpaired) electrons. The van der Waals surface area contributed by atoms with Crippen LogP contribution >= 0.6 is 11.6 Å². The van der Waals surface area contributed by atoms with Gasteiger partial charge in [0.15, 0.2) is 5.58 Å². The van der Waals surface area contributed by atoms with Crippen molar-refractivity contribution >= 4 is 28.6 Å². The molecule has 0 N–H and O–H groups in total. The second-order valence-electron chi connectivity index (χ2n) is 7.75. The van der Waals surface area contributed by atoms with E-state index in [1.54, 1.807) is 22.8 Å². The van der Waals surface area contributed by atoms with E-state index in [4.69, 9.17) is 16.0 Å². The van der Waals surface area contributed by atoms with Crippen LogP contribution < -0.4 is 5.76 Å². The third kappa shape index (κ3) is 4.73. The lowest BCUT2D eigenvalue weighted by molar-refractivity contribution is -0.132. The lowest BCUT2D eigenvalue weighted by Crippen LogP contribution is -2.38. The van der Waals surface area contributed by atoms with Crippen molar-refractivity contribution < 1.29 is 9.21 Å². The first-order chi connectivity index (χ1) is 14.1. The van der Waals surface area contributed by atoms with E-state index in [-0.39, 0.29) is 5.91 Å². The molecule has 4 rings (SSSR count). The highest BCUT2D eigenvalue weighted by Gasteiger charge is 2.22. The fourth-order valence-corrected chi connectivity index (χ4v) is 4.29. The van der Waals surface area contributed by atoms with Crippen LogP contribution in [0.25, 0.3) is 11.1 Å². The molecular weight excluding hydrogens is 388 g/mol. The first kappa shape index (κ1) is 19.8. The van der Waals surface area contributed by atoms with Gasteiger partial charge in [0.25, 0.3) is 0 Å². The Kier molecular flexibility index (Phi) is 6.05. The van der Waals surface area contributed by atoms with Crippen LogP contribution in [0.15, 0.2) is 57.7 Å². The maximum Gasteiger partial charge on any atom is 0.419 e. The average Bonchev–Trinajstić information content (AvgIpc) is 3.04. The number of hydrogen-bond donors (Lipinski definition) is 0. The van der Waals surface area contributed by atoms with Gasteiger partial charge in [0.05, 0.1) is 5.52 Å². The highest BCUT2D eigenvalue weighted by atomic mass is 35.5. The molecule has 0 spiro atoms. The zero-order valence-electron chi connectivity index (χ0n) is 16.4. The number of halogens is 1. The van der Waals surface area contributed by atoms with Crippen molar-refractivity contribution in [3.63, 3.8) is 0 Å². The molecule has 0 bridgehead atoms. The van der Waals surface area contributed by atoms with Crippen molar-refractivity contribution in [3.05, 3.63) is 69.7 Å². The maximum atomic E-state index is 12.6. The van der Waals surface area contributed by atoms with E-state index >= 15 is 0 Å². The summed E-state index contributed by atoms with van der Waals surface area (Å²) in [7, 11) is 0. The molecule has 5 nitrogen and oxygen atoms in total. The molecule has 0 saturated carbocycles. The van der Waals surface area contributed by atoms with Crippen LogP contribution in [0.1, 0.15) is 31.2 Å². The van der Waals surface area contributed by atoms with Crippen molar-refractivity contribution in [3.8, 4) is 0 Å². The Morgan fingerprint density at radius 3 is 2.62 bits per heavy atom. The minimum atomic E-state index is -0.406. The molecule has 2 heterocycles. The summed E-state index contributed by atoms with van der Waals surface area (Å²) in [5.74, 6) is 0.403. The highest BCUT2D eigenvalue weighted by Crippen LogP contribution is 2.23. The first-order valence-corrected chi connectivity index (χ1v) is 10.6. The fourth-order valence-electron chi connectivity index (χ4n) is 4.13. The lowest BCUT2D eigenvalue weighted by Gasteiger charge is -2.32. The topological polar surface area (TPSA) is 55.5 Å². The van der Waals surface area contributed by atoms with E-state index in [9.17, 15) is 9.59 Å². The van der Waals surface area contributed by atoms with E-state index in [2.05, 4.69) is 24.3 Å². The number of amides is 1. The normalized spacial score (nSPS) is 15.1. The summed E-state index contributed by atoms with van der Waals surface area (Å²) in [6, 6.07) is 15.7. The summed E-state index contributed by atoms with van der Waals surface area (Å²) in [6.07, 6.45) is 4.21. The van der Waals surface area contributed by atoms with Gasteiger partial charge in [-0.25, -0.2) is 4.79 Å². The predicted molar refractivity (Wildman–Crippen MR) is 114 cm³/mol. The summed E-state index contributed by atoms with van der Waals surface area (Å²) in [5, 5.41) is 0.557. The van der Waals surface area contributed by atoms with Crippen molar-refractivity contribution in [1.29, 1.82) is 0 Å². The van der Waals surface area contributed by atoms with Crippen LogP contribution in [0.4, 0.5) is 0 Å². The van der Waals surface area contributed by atoms with Crippen LogP contribution in [-0.4, -0.2) is 28.5 Å². The quantitative estimate of drug-likeness (QED) is 0.598. The van der Waals surface area contributed by atoms with Gasteiger partial charge in [-0.1, -0.05) is 41.9 Å². The number of hydrogen-bond acceptors (Lipinski definition) is 3. The standard InChI is InChI=1S/C23H25ClN2O3/c24-19-8-9-21-20(16-19)26(23(28)29-21)12-4-7-22(27)25-13-10-18(11-14-25)15-17-5-2-1-3-6-17/h1-3,5-6,8-9,16,18H,4,7,10-15H2. The van der Waals surface area contributed by atoms with E-state index in [0.29, 0.717) is 41.4 Å². The van der Waals surface area contributed by atoms with Gasteiger partial charge >= 0.3 is 5.76 Å². The zero-order valence-corrected chi connectivity index (χ0v) is 17.1. The van der Waals surface area contributed by atoms with Gasteiger partial charge in [0.1, 0.15) is 0 Å². The maximum absolute atomic E-state index is 12.6. The number of nitrogens with zero attached hydrogens (tertiary/aromatic N) is 2. The van der Waals surface area contributed by atoms with Gasteiger partial charge < -0.3 is 9.32 Å². The Balaban J connectivity index is 1.26. The predicted octanol–water partition coefficient (Wildman–Crippen LogP) is 4.51. The largest absolute Gasteiger partial charge is 0.419 e. The van der Waals surface area contributed by atoms with Gasteiger partial charge in [-0.15, -0.1) is 0 Å². The molecule has 6 heteroatoms. The summed E-state index contributed by atoms with van der Waals surface area (Å²) < 4.78 is 6.80. The average molecular weight is 413 g/mol. The Bertz CT molecular complexity index is 1030.